The number of aliphatic hydroxyl groups excluding tert-OH is 1. The number of aliphatic hydroxyl groups is 1. The zero-order valence-corrected chi connectivity index (χ0v) is 17.5. The fraction of sp³-hybridized carbons (Fsp3) is 0.429. The molecule has 2 aromatic carbocycles. The van der Waals surface area contributed by atoms with E-state index >= 15 is 0 Å². The number of para-hydroxylation sites is 1. The van der Waals surface area contributed by atoms with Crippen molar-refractivity contribution in [2.24, 2.45) is 0 Å². The van der Waals surface area contributed by atoms with E-state index in [2.05, 4.69) is 20.8 Å². The van der Waals surface area contributed by atoms with Gasteiger partial charge < -0.3 is 14.6 Å². The largest absolute Gasteiger partial charge is 0.490 e. The molecule has 0 amide bonds. The monoisotopic (exact) mass is 453 g/mol. The third kappa shape index (κ3) is 6.77. The topological polar surface area (TPSA) is 41.9 Å². The van der Waals surface area contributed by atoms with E-state index in [-0.39, 0.29) is 12.7 Å². The molecule has 0 aromatic heterocycles. The lowest BCUT2D eigenvalue weighted by Crippen LogP contribution is -2.39. The molecule has 0 aliphatic carbocycles. The van der Waals surface area contributed by atoms with Gasteiger partial charge >= 0.3 is 0 Å². The molecule has 4 nitrogen and oxygen atoms in total. The van der Waals surface area contributed by atoms with E-state index in [1.54, 1.807) is 0 Å². The molecule has 0 saturated carbocycles. The first kappa shape index (κ1) is 20.6. The average Bonchev–Trinajstić information content (AvgIpc) is 3.16. The molecule has 6 heteroatoms. The van der Waals surface area contributed by atoms with Crippen molar-refractivity contribution in [1.82, 2.24) is 4.90 Å². The molecule has 2 unspecified atom stereocenters. The molecule has 3 rings (SSSR count). The van der Waals surface area contributed by atoms with Crippen molar-refractivity contribution in [2.45, 2.75) is 31.6 Å². The minimum atomic E-state index is -0.592. The molecule has 1 fully saturated rings. The van der Waals surface area contributed by atoms with Crippen LogP contribution in [0.25, 0.3) is 0 Å². The van der Waals surface area contributed by atoms with Gasteiger partial charge in [-0.05, 0) is 58.6 Å². The van der Waals surface area contributed by atoms with Gasteiger partial charge in [0.2, 0.25) is 0 Å². The van der Waals surface area contributed by atoms with Crippen LogP contribution in [-0.4, -0.2) is 48.5 Å². The van der Waals surface area contributed by atoms with Gasteiger partial charge in [0, 0.05) is 31.3 Å². The SMILES string of the molecule is OC(COc1ccccc1Br)CN(Cc1ccc(Cl)cc1)CC1CCCO1. The van der Waals surface area contributed by atoms with Crippen LogP contribution in [0.15, 0.2) is 53.0 Å². The zero-order chi connectivity index (χ0) is 19.1. The minimum Gasteiger partial charge on any atom is -0.490 e. The molecule has 1 saturated heterocycles. The highest BCUT2D eigenvalue weighted by Gasteiger charge is 2.21. The highest BCUT2D eigenvalue weighted by Crippen LogP contribution is 2.24. The average molecular weight is 455 g/mol. The number of benzene rings is 2. The summed E-state index contributed by atoms with van der Waals surface area (Å²) in [6.07, 6.45) is 1.81. The third-order valence-electron chi connectivity index (χ3n) is 4.54. The van der Waals surface area contributed by atoms with Gasteiger partial charge in [-0.2, -0.15) is 0 Å². The van der Waals surface area contributed by atoms with Gasteiger partial charge in [-0.1, -0.05) is 35.9 Å². The Morgan fingerprint density at radius 2 is 2.00 bits per heavy atom. The number of rotatable bonds is 9. The van der Waals surface area contributed by atoms with E-state index in [0.29, 0.717) is 6.54 Å². The van der Waals surface area contributed by atoms with Crippen molar-refractivity contribution < 1.29 is 14.6 Å². The Bertz CT molecular complexity index is 707. The summed E-state index contributed by atoms with van der Waals surface area (Å²) in [5.74, 6) is 0.736. The van der Waals surface area contributed by atoms with Gasteiger partial charge in [0.15, 0.2) is 0 Å². The van der Waals surface area contributed by atoms with Crippen molar-refractivity contribution in [3.05, 3.63) is 63.6 Å². The maximum atomic E-state index is 10.5. The highest BCUT2D eigenvalue weighted by atomic mass is 79.9. The normalized spacial score (nSPS) is 18.0. The van der Waals surface area contributed by atoms with Gasteiger partial charge in [0.1, 0.15) is 18.5 Å². The van der Waals surface area contributed by atoms with Crippen LogP contribution in [0, 0.1) is 0 Å². The van der Waals surface area contributed by atoms with Crippen molar-refractivity contribution in [3.8, 4) is 5.75 Å². The van der Waals surface area contributed by atoms with Gasteiger partial charge in [0.25, 0.3) is 0 Å². The van der Waals surface area contributed by atoms with Crippen molar-refractivity contribution in [2.75, 3.05) is 26.3 Å². The van der Waals surface area contributed by atoms with Gasteiger partial charge in [0.05, 0.1) is 10.6 Å². The van der Waals surface area contributed by atoms with Crippen molar-refractivity contribution >= 4 is 27.5 Å². The summed E-state index contributed by atoms with van der Waals surface area (Å²) < 4.78 is 12.4. The Morgan fingerprint density at radius 3 is 2.70 bits per heavy atom. The quantitative estimate of drug-likeness (QED) is 0.605. The second kappa shape index (κ2) is 10.4. The number of nitrogens with zero attached hydrogens (tertiary/aromatic N) is 1. The summed E-state index contributed by atoms with van der Waals surface area (Å²) in [6, 6.07) is 15.5. The molecule has 2 aromatic rings. The van der Waals surface area contributed by atoms with E-state index in [0.717, 1.165) is 53.3 Å². The molecular formula is C21H25BrClNO3. The van der Waals surface area contributed by atoms with Crippen LogP contribution < -0.4 is 4.74 Å². The molecule has 27 heavy (non-hydrogen) atoms. The van der Waals surface area contributed by atoms with Crippen LogP contribution in [0.1, 0.15) is 18.4 Å². The van der Waals surface area contributed by atoms with Gasteiger partial charge in [-0.3, -0.25) is 4.90 Å². The Balaban J connectivity index is 1.57. The van der Waals surface area contributed by atoms with Crippen LogP contribution in [0.2, 0.25) is 5.02 Å². The lowest BCUT2D eigenvalue weighted by Gasteiger charge is -2.27. The van der Waals surface area contributed by atoms with Crippen LogP contribution in [-0.2, 0) is 11.3 Å². The summed E-state index contributed by atoms with van der Waals surface area (Å²) in [6.45, 7) is 3.13. The minimum absolute atomic E-state index is 0.230. The summed E-state index contributed by atoms with van der Waals surface area (Å²) in [5, 5.41) is 11.3. The van der Waals surface area contributed by atoms with Crippen LogP contribution in [0.4, 0.5) is 0 Å². The first-order valence-electron chi connectivity index (χ1n) is 9.24. The summed E-state index contributed by atoms with van der Waals surface area (Å²) in [4.78, 5) is 2.23. The Kier molecular flexibility index (Phi) is 7.97. The lowest BCUT2D eigenvalue weighted by atomic mass is 10.1. The van der Waals surface area contributed by atoms with Crippen molar-refractivity contribution in [3.63, 3.8) is 0 Å². The van der Waals surface area contributed by atoms with Gasteiger partial charge in [-0.25, -0.2) is 0 Å². The summed E-state index contributed by atoms with van der Waals surface area (Å²) in [5.41, 5.74) is 1.16. The first-order chi connectivity index (χ1) is 13.1. The van der Waals surface area contributed by atoms with E-state index in [1.165, 1.54) is 0 Å². The highest BCUT2D eigenvalue weighted by molar-refractivity contribution is 9.10. The Morgan fingerprint density at radius 1 is 1.22 bits per heavy atom. The number of hydrogen-bond acceptors (Lipinski definition) is 4. The molecule has 0 spiro atoms. The molecule has 1 aliphatic rings. The molecule has 146 valence electrons. The second-order valence-corrected chi connectivity index (χ2v) is 8.14. The predicted molar refractivity (Wildman–Crippen MR) is 111 cm³/mol. The molecule has 0 bridgehead atoms. The molecule has 0 radical (unpaired) electrons. The van der Waals surface area contributed by atoms with E-state index in [4.69, 9.17) is 21.1 Å². The fourth-order valence-electron chi connectivity index (χ4n) is 3.23. The smallest absolute Gasteiger partial charge is 0.133 e. The van der Waals surface area contributed by atoms with Crippen LogP contribution in [0.3, 0.4) is 0 Å². The standard InChI is InChI=1S/C21H25BrClNO3/c22-20-5-1-2-6-21(20)27-15-18(25)13-24(14-19-4-3-11-26-19)12-16-7-9-17(23)10-8-16/h1-2,5-10,18-19,25H,3-4,11-15H2. The number of halogens is 2. The van der Waals surface area contributed by atoms with E-state index in [9.17, 15) is 5.11 Å². The Hall–Kier alpha value is -1.11. The Labute approximate surface area is 174 Å². The first-order valence-corrected chi connectivity index (χ1v) is 10.4. The maximum absolute atomic E-state index is 10.5. The van der Waals surface area contributed by atoms with Crippen molar-refractivity contribution in [1.29, 1.82) is 0 Å². The molecule has 1 N–H and O–H groups in total. The molecule has 1 heterocycles. The van der Waals surface area contributed by atoms with Gasteiger partial charge in [-0.15, -0.1) is 0 Å². The summed E-state index contributed by atoms with van der Waals surface area (Å²) >= 11 is 9.45. The maximum Gasteiger partial charge on any atom is 0.133 e. The predicted octanol–water partition coefficient (Wildman–Crippen LogP) is 4.52. The van der Waals surface area contributed by atoms with Crippen LogP contribution in [0.5, 0.6) is 5.75 Å². The van der Waals surface area contributed by atoms with E-state index < -0.39 is 6.10 Å². The van der Waals surface area contributed by atoms with Crippen LogP contribution >= 0.6 is 27.5 Å². The number of ether oxygens (including phenoxy) is 2. The zero-order valence-electron chi connectivity index (χ0n) is 15.2. The molecular weight excluding hydrogens is 430 g/mol. The molecule has 2 atom stereocenters. The van der Waals surface area contributed by atoms with E-state index in [1.807, 2.05) is 48.5 Å². The summed E-state index contributed by atoms with van der Waals surface area (Å²) in [7, 11) is 0. The third-order valence-corrected chi connectivity index (χ3v) is 5.45. The second-order valence-electron chi connectivity index (χ2n) is 6.85. The molecule has 1 aliphatic heterocycles. The number of hydrogen-bond donors (Lipinski definition) is 1. The fourth-order valence-corrected chi connectivity index (χ4v) is 3.75. The lowest BCUT2D eigenvalue weighted by molar-refractivity contribution is 0.0312.